The molecule has 148 valence electrons. The quantitative estimate of drug-likeness (QED) is 0.554. The Morgan fingerprint density at radius 1 is 1.11 bits per heavy atom. The summed E-state index contributed by atoms with van der Waals surface area (Å²) in [6.07, 6.45) is 3.09. The minimum Gasteiger partial charge on any atom is -0.452 e. The number of ether oxygens (including phenoxy) is 1. The van der Waals surface area contributed by atoms with E-state index in [1.165, 1.54) is 22.1 Å². The summed E-state index contributed by atoms with van der Waals surface area (Å²) in [7, 11) is 0. The molecule has 6 heteroatoms. The number of piperazine rings is 1. The highest BCUT2D eigenvalue weighted by atomic mass is 32.1. The van der Waals surface area contributed by atoms with E-state index in [0.717, 1.165) is 24.5 Å². The van der Waals surface area contributed by atoms with E-state index in [1.54, 1.807) is 22.3 Å². The summed E-state index contributed by atoms with van der Waals surface area (Å²) in [5.41, 5.74) is 2.55. The van der Waals surface area contributed by atoms with Gasteiger partial charge in [0.1, 0.15) is 0 Å². The maximum atomic E-state index is 12.3. The highest BCUT2D eigenvalue weighted by Gasteiger charge is 2.21. The molecule has 1 fully saturated rings. The van der Waals surface area contributed by atoms with Crippen LogP contribution in [0.1, 0.15) is 20.9 Å². The van der Waals surface area contributed by atoms with Gasteiger partial charge in [0, 0.05) is 48.6 Å². The van der Waals surface area contributed by atoms with Crippen LogP contribution in [0.3, 0.4) is 0 Å². The molecule has 5 nitrogen and oxygen atoms in total. The average Bonchev–Trinajstić information content (AvgIpc) is 3.10. The van der Waals surface area contributed by atoms with Crippen LogP contribution < -0.4 is 0 Å². The molecule has 3 rings (SSSR count). The highest BCUT2D eigenvalue weighted by molar-refractivity contribution is 7.12. The van der Waals surface area contributed by atoms with Crippen molar-refractivity contribution >= 4 is 29.3 Å². The summed E-state index contributed by atoms with van der Waals surface area (Å²) >= 11 is 1.60. The first kappa shape index (κ1) is 20.3. The third kappa shape index (κ3) is 6.04. The van der Waals surface area contributed by atoms with Crippen LogP contribution in [-0.2, 0) is 20.9 Å². The van der Waals surface area contributed by atoms with Crippen molar-refractivity contribution in [3.63, 3.8) is 0 Å². The number of thiophene rings is 1. The van der Waals surface area contributed by atoms with E-state index in [9.17, 15) is 9.59 Å². The maximum Gasteiger partial charge on any atom is 0.331 e. The smallest absolute Gasteiger partial charge is 0.331 e. The van der Waals surface area contributed by atoms with Crippen molar-refractivity contribution in [1.82, 2.24) is 9.80 Å². The summed E-state index contributed by atoms with van der Waals surface area (Å²) in [6.45, 7) is 7.77. The number of carbonyl (C=O) groups excluding carboxylic acids is 2. The first-order valence-corrected chi connectivity index (χ1v) is 10.3. The van der Waals surface area contributed by atoms with E-state index in [1.807, 2.05) is 19.1 Å². The molecule has 1 aliphatic heterocycles. The third-order valence-corrected chi connectivity index (χ3v) is 5.66. The van der Waals surface area contributed by atoms with Crippen molar-refractivity contribution in [2.75, 3.05) is 32.8 Å². The topological polar surface area (TPSA) is 49.9 Å². The molecule has 0 N–H and O–H groups in total. The molecule has 0 bridgehead atoms. The zero-order valence-electron chi connectivity index (χ0n) is 16.4. The Kier molecular flexibility index (Phi) is 7.01. The molecule has 1 aromatic heterocycles. The second-order valence-corrected chi connectivity index (χ2v) is 8.35. The standard InChI is InChI=1S/C22H26N2O3S/c1-17-4-3-5-19(14-17)15-23-10-12-24(13-11-23)21(25)16-27-22(26)9-8-20-7-6-18(2)28-20/h3-9,14H,10-13,15-16H2,1-2H3. The maximum absolute atomic E-state index is 12.3. The molecule has 0 unspecified atom stereocenters. The normalized spacial score (nSPS) is 15.1. The number of rotatable bonds is 6. The Balaban J connectivity index is 1.38. The van der Waals surface area contributed by atoms with Gasteiger partial charge in [-0.3, -0.25) is 9.69 Å². The van der Waals surface area contributed by atoms with Gasteiger partial charge in [0.2, 0.25) is 0 Å². The lowest BCUT2D eigenvalue weighted by Gasteiger charge is -2.34. The Hall–Kier alpha value is -2.44. The van der Waals surface area contributed by atoms with Crippen LogP contribution in [-0.4, -0.2) is 54.5 Å². The zero-order chi connectivity index (χ0) is 19.9. The molecule has 0 spiro atoms. The second-order valence-electron chi connectivity index (χ2n) is 7.04. The van der Waals surface area contributed by atoms with E-state index in [4.69, 9.17) is 4.74 Å². The number of carbonyl (C=O) groups is 2. The van der Waals surface area contributed by atoms with Crippen molar-refractivity contribution in [2.24, 2.45) is 0 Å². The molecule has 2 aromatic rings. The van der Waals surface area contributed by atoms with Gasteiger partial charge >= 0.3 is 5.97 Å². The second kappa shape index (κ2) is 9.66. The average molecular weight is 399 g/mol. The molecule has 1 aromatic carbocycles. The van der Waals surface area contributed by atoms with E-state index >= 15 is 0 Å². The number of hydrogen-bond donors (Lipinski definition) is 0. The first-order valence-electron chi connectivity index (χ1n) is 9.46. The summed E-state index contributed by atoms with van der Waals surface area (Å²) in [4.78, 5) is 30.4. The zero-order valence-corrected chi connectivity index (χ0v) is 17.2. The molecule has 1 saturated heterocycles. The van der Waals surface area contributed by atoms with Gasteiger partial charge in [-0.2, -0.15) is 0 Å². The first-order chi connectivity index (χ1) is 13.5. The van der Waals surface area contributed by atoms with Crippen LogP contribution in [0.2, 0.25) is 0 Å². The van der Waals surface area contributed by atoms with E-state index in [-0.39, 0.29) is 12.5 Å². The van der Waals surface area contributed by atoms with Crippen molar-refractivity contribution in [3.05, 3.63) is 63.4 Å². The lowest BCUT2D eigenvalue weighted by atomic mass is 10.1. The largest absolute Gasteiger partial charge is 0.452 e. The fourth-order valence-electron chi connectivity index (χ4n) is 3.19. The van der Waals surface area contributed by atoms with E-state index < -0.39 is 5.97 Å². The van der Waals surface area contributed by atoms with Gasteiger partial charge in [-0.25, -0.2) is 4.79 Å². The van der Waals surface area contributed by atoms with Crippen LogP contribution in [0, 0.1) is 13.8 Å². The fraction of sp³-hybridized carbons (Fsp3) is 0.364. The Morgan fingerprint density at radius 3 is 2.57 bits per heavy atom. The van der Waals surface area contributed by atoms with Crippen molar-refractivity contribution in [3.8, 4) is 0 Å². The molecule has 0 radical (unpaired) electrons. The number of esters is 1. The molecule has 28 heavy (non-hydrogen) atoms. The number of aryl methyl sites for hydroxylation is 2. The van der Waals surface area contributed by atoms with Gasteiger partial charge in [0.25, 0.3) is 5.91 Å². The van der Waals surface area contributed by atoms with E-state index in [2.05, 4.69) is 36.1 Å². The molecule has 1 amide bonds. The van der Waals surface area contributed by atoms with Gasteiger partial charge in [-0.05, 0) is 37.6 Å². The number of benzene rings is 1. The minimum atomic E-state index is -0.488. The SMILES string of the molecule is Cc1cccc(CN2CCN(C(=O)COC(=O)C=Cc3ccc(C)s3)CC2)c1. The third-order valence-electron chi connectivity index (χ3n) is 4.70. The van der Waals surface area contributed by atoms with Gasteiger partial charge in [0.05, 0.1) is 0 Å². The van der Waals surface area contributed by atoms with Gasteiger partial charge in [-0.15, -0.1) is 11.3 Å². The van der Waals surface area contributed by atoms with Crippen LogP contribution in [0.25, 0.3) is 6.08 Å². The Labute approximate surface area is 170 Å². The molecule has 0 aliphatic carbocycles. The lowest BCUT2D eigenvalue weighted by molar-refractivity contribution is -0.149. The van der Waals surface area contributed by atoms with Crippen LogP contribution in [0.4, 0.5) is 0 Å². The lowest BCUT2D eigenvalue weighted by Crippen LogP contribution is -2.49. The Morgan fingerprint density at radius 2 is 1.89 bits per heavy atom. The summed E-state index contributed by atoms with van der Waals surface area (Å²) < 4.78 is 5.10. The van der Waals surface area contributed by atoms with Crippen LogP contribution in [0.15, 0.2) is 42.5 Å². The van der Waals surface area contributed by atoms with Gasteiger partial charge in [0.15, 0.2) is 6.61 Å². The van der Waals surface area contributed by atoms with Crippen molar-refractivity contribution in [1.29, 1.82) is 0 Å². The predicted octanol–water partition coefficient (Wildman–Crippen LogP) is 3.27. The number of nitrogens with zero attached hydrogens (tertiary/aromatic N) is 2. The summed E-state index contributed by atoms with van der Waals surface area (Å²) in [5.74, 6) is -0.624. The van der Waals surface area contributed by atoms with Crippen molar-refractivity contribution < 1.29 is 14.3 Å². The Bertz CT molecular complexity index is 851. The highest BCUT2D eigenvalue weighted by Crippen LogP contribution is 2.16. The monoisotopic (exact) mass is 398 g/mol. The molecule has 0 atom stereocenters. The number of hydrogen-bond acceptors (Lipinski definition) is 5. The van der Waals surface area contributed by atoms with E-state index in [0.29, 0.717) is 13.1 Å². The van der Waals surface area contributed by atoms with Crippen LogP contribution in [0.5, 0.6) is 0 Å². The van der Waals surface area contributed by atoms with Gasteiger partial charge in [-0.1, -0.05) is 29.8 Å². The van der Waals surface area contributed by atoms with Crippen LogP contribution >= 0.6 is 11.3 Å². The molecule has 0 saturated carbocycles. The summed E-state index contributed by atoms with van der Waals surface area (Å²) in [6, 6.07) is 12.4. The fourth-order valence-corrected chi connectivity index (χ4v) is 3.97. The van der Waals surface area contributed by atoms with Gasteiger partial charge < -0.3 is 9.64 Å². The molecular weight excluding hydrogens is 372 g/mol. The van der Waals surface area contributed by atoms with Crippen molar-refractivity contribution in [2.45, 2.75) is 20.4 Å². The summed E-state index contributed by atoms with van der Waals surface area (Å²) in [5, 5.41) is 0. The molecule has 1 aliphatic rings. The molecular formula is C22H26N2O3S. The predicted molar refractivity (Wildman–Crippen MR) is 112 cm³/mol. The number of amides is 1. The molecule has 2 heterocycles. The minimum absolute atomic E-state index is 0.135.